The summed E-state index contributed by atoms with van der Waals surface area (Å²) in [5.41, 5.74) is 1.40. The Balaban J connectivity index is 1.96. The molecule has 0 spiro atoms. The van der Waals surface area contributed by atoms with Gasteiger partial charge < -0.3 is 10.1 Å². The molecule has 2 aromatic rings. The molecule has 0 bridgehead atoms. The summed E-state index contributed by atoms with van der Waals surface area (Å²) in [7, 11) is -3.45. The van der Waals surface area contributed by atoms with Crippen LogP contribution in [0.25, 0.3) is 0 Å². The number of ether oxygens (including phenoxy) is 1. The molecule has 6 nitrogen and oxygen atoms in total. The number of aryl methyl sites for hydroxylation is 1. The van der Waals surface area contributed by atoms with E-state index in [9.17, 15) is 18.0 Å². The number of halogens is 1. The Bertz CT molecular complexity index is 940. The van der Waals surface area contributed by atoms with Gasteiger partial charge in [0.1, 0.15) is 0 Å². The number of nitrogens with one attached hydrogen (secondary N) is 1. The molecule has 0 atom stereocenters. The second-order valence-electron chi connectivity index (χ2n) is 5.69. The van der Waals surface area contributed by atoms with Crippen LogP contribution in [0.15, 0.2) is 47.4 Å². The van der Waals surface area contributed by atoms with Crippen molar-refractivity contribution in [3.8, 4) is 0 Å². The summed E-state index contributed by atoms with van der Waals surface area (Å²) in [6.45, 7) is 1.38. The van der Waals surface area contributed by atoms with E-state index in [0.717, 1.165) is 11.8 Å². The van der Waals surface area contributed by atoms with Crippen molar-refractivity contribution in [1.29, 1.82) is 0 Å². The maximum Gasteiger partial charge on any atom is 0.338 e. The normalized spacial score (nSPS) is 11.0. The largest absolute Gasteiger partial charge is 0.452 e. The van der Waals surface area contributed by atoms with Crippen LogP contribution in [0, 0.1) is 6.92 Å². The summed E-state index contributed by atoms with van der Waals surface area (Å²) < 4.78 is 28.2. The van der Waals surface area contributed by atoms with Crippen LogP contribution in [0.4, 0.5) is 0 Å². The van der Waals surface area contributed by atoms with Gasteiger partial charge in [0.2, 0.25) is 0 Å². The van der Waals surface area contributed by atoms with E-state index in [1.165, 1.54) is 18.2 Å². The second kappa shape index (κ2) is 8.33. The lowest BCUT2D eigenvalue weighted by atomic mass is 10.1. The highest BCUT2D eigenvalue weighted by atomic mass is 35.5. The zero-order valence-electron chi connectivity index (χ0n) is 14.3. The Hall–Kier alpha value is -2.38. The molecule has 1 N–H and O–H groups in total. The van der Waals surface area contributed by atoms with Crippen LogP contribution >= 0.6 is 11.6 Å². The molecule has 0 saturated carbocycles. The van der Waals surface area contributed by atoms with Crippen molar-refractivity contribution in [3.63, 3.8) is 0 Å². The first-order valence-electron chi connectivity index (χ1n) is 7.66. The summed E-state index contributed by atoms with van der Waals surface area (Å²) in [6.07, 6.45) is 1.05. The van der Waals surface area contributed by atoms with E-state index < -0.39 is 28.3 Å². The molecule has 2 aromatic carbocycles. The van der Waals surface area contributed by atoms with E-state index in [-0.39, 0.29) is 17.0 Å². The predicted molar refractivity (Wildman–Crippen MR) is 97.9 cm³/mol. The minimum Gasteiger partial charge on any atom is -0.452 e. The van der Waals surface area contributed by atoms with Gasteiger partial charge in [-0.1, -0.05) is 35.9 Å². The van der Waals surface area contributed by atoms with Crippen molar-refractivity contribution in [2.24, 2.45) is 0 Å². The zero-order chi connectivity index (χ0) is 19.3. The molecule has 0 saturated heterocycles. The van der Waals surface area contributed by atoms with Crippen LogP contribution < -0.4 is 5.32 Å². The highest BCUT2D eigenvalue weighted by molar-refractivity contribution is 7.90. The van der Waals surface area contributed by atoms with E-state index in [4.69, 9.17) is 16.3 Å². The standard InChI is InChI=1S/C18H18ClNO5S/c1-12-7-8-14(26(2,23)24)9-15(12)18(22)25-11-17(21)20-10-13-5-3-4-6-16(13)19/h3-9H,10-11H2,1-2H3,(H,20,21). The van der Waals surface area contributed by atoms with Crippen LogP contribution in [0.2, 0.25) is 5.02 Å². The van der Waals surface area contributed by atoms with Crippen LogP contribution in [0.1, 0.15) is 21.5 Å². The molecule has 0 aliphatic heterocycles. The maximum atomic E-state index is 12.2. The molecule has 8 heteroatoms. The molecule has 1 amide bonds. The van der Waals surface area contributed by atoms with Crippen molar-refractivity contribution >= 4 is 33.3 Å². The topological polar surface area (TPSA) is 89.5 Å². The zero-order valence-corrected chi connectivity index (χ0v) is 15.9. The monoisotopic (exact) mass is 395 g/mol. The quantitative estimate of drug-likeness (QED) is 0.759. The fourth-order valence-electron chi connectivity index (χ4n) is 2.15. The average molecular weight is 396 g/mol. The van der Waals surface area contributed by atoms with Gasteiger partial charge in [-0.2, -0.15) is 0 Å². The van der Waals surface area contributed by atoms with E-state index in [2.05, 4.69) is 5.32 Å². The second-order valence-corrected chi connectivity index (χ2v) is 8.12. The number of amides is 1. The van der Waals surface area contributed by atoms with Gasteiger partial charge in [-0.3, -0.25) is 4.79 Å². The average Bonchev–Trinajstić information content (AvgIpc) is 2.58. The third kappa shape index (κ3) is 5.31. The molecule has 0 aromatic heterocycles. The van der Waals surface area contributed by atoms with E-state index in [1.54, 1.807) is 31.2 Å². The minimum atomic E-state index is -3.45. The molecule has 0 fully saturated rings. The molecule has 0 aliphatic rings. The summed E-state index contributed by atoms with van der Waals surface area (Å²) >= 11 is 6.00. The van der Waals surface area contributed by atoms with Crippen molar-refractivity contribution in [2.75, 3.05) is 12.9 Å². The van der Waals surface area contributed by atoms with Crippen LogP contribution in [-0.4, -0.2) is 33.2 Å². The molecule has 0 aliphatic carbocycles. The molecule has 0 unspecified atom stereocenters. The molecule has 0 heterocycles. The number of sulfone groups is 1. The van der Waals surface area contributed by atoms with E-state index >= 15 is 0 Å². The Morgan fingerprint density at radius 2 is 1.85 bits per heavy atom. The Kier molecular flexibility index (Phi) is 6.39. The highest BCUT2D eigenvalue weighted by Crippen LogP contribution is 2.17. The Morgan fingerprint density at radius 1 is 1.15 bits per heavy atom. The van der Waals surface area contributed by atoms with Crippen molar-refractivity contribution in [1.82, 2.24) is 5.32 Å². The highest BCUT2D eigenvalue weighted by Gasteiger charge is 2.16. The van der Waals surface area contributed by atoms with Crippen molar-refractivity contribution < 1.29 is 22.7 Å². The molecular weight excluding hydrogens is 378 g/mol. The van der Waals surface area contributed by atoms with E-state index in [1.807, 2.05) is 0 Å². The van der Waals surface area contributed by atoms with Gasteiger partial charge in [0.15, 0.2) is 16.4 Å². The van der Waals surface area contributed by atoms with Crippen molar-refractivity contribution in [2.45, 2.75) is 18.4 Å². The van der Waals surface area contributed by atoms with Crippen LogP contribution in [0.3, 0.4) is 0 Å². The number of carbonyl (C=O) groups is 2. The fourth-order valence-corrected chi connectivity index (χ4v) is 3.00. The smallest absolute Gasteiger partial charge is 0.338 e. The van der Waals surface area contributed by atoms with Gasteiger partial charge in [0.25, 0.3) is 5.91 Å². The lowest BCUT2D eigenvalue weighted by molar-refractivity contribution is -0.124. The number of esters is 1. The molecule has 0 radical (unpaired) electrons. The minimum absolute atomic E-state index is 0.0122. The summed E-state index contributed by atoms with van der Waals surface area (Å²) in [4.78, 5) is 24.0. The third-order valence-electron chi connectivity index (χ3n) is 3.63. The predicted octanol–water partition coefficient (Wildman–Crippen LogP) is 2.53. The van der Waals surface area contributed by atoms with Gasteiger partial charge in [-0.05, 0) is 36.2 Å². The summed E-state index contributed by atoms with van der Waals surface area (Å²) in [6, 6.07) is 11.2. The molecular formula is C18H18ClNO5S. The Morgan fingerprint density at radius 3 is 2.50 bits per heavy atom. The van der Waals surface area contributed by atoms with Gasteiger partial charge in [0, 0.05) is 17.8 Å². The van der Waals surface area contributed by atoms with Crippen molar-refractivity contribution in [3.05, 3.63) is 64.2 Å². The van der Waals surface area contributed by atoms with Crippen LogP contribution in [-0.2, 0) is 25.9 Å². The first kappa shape index (κ1) is 19.9. The SMILES string of the molecule is Cc1ccc(S(C)(=O)=O)cc1C(=O)OCC(=O)NCc1ccccc1Cl. The lowest BCUT2D eigenvalue weighted by Crippen LogP contribution is -2.28. The number of benzene rings is 2. The third-order valence-corrected chi connectivity index (χ3v) is 5.10. The van der Waals surface area contributed by atoms with Gasteiger partial charge in [-0.25, -0.2) is 13.2 Å². The number of carbonyl (C=O) groups excluding carboxylic acids is 2. The molecule has 26 heavy (non-hydrogen) atoms. The number of hydrogen-bond acceptors (Lipinski definition) is 5. The number of hydrogen-bond donors (Lipinski definition) is 1. The first-order valence-corrected chi connectivity index (χ1v) is 9.93. The van der Waals surface area contributed by atoms with Crippen LogP contribution in [0.5, 0.6) is 0 Å². The Labute approximate surface area is 157 Å². The summed E-state index contributed by atoms with van der Waals surface area (Å²) in [5.74, 6) is -1.25. The summed E-state index contributed by atoms with van der Waals surface area (Å²) in [5, 5.41) is 3.13. The van der Waals surface area contributed by atoms with Gasteiger partial charge in [0.05, 0.1) is 10.5 Å². The first-order chi connectivity index (χ1) is 12.2. The number of rotatable bonds is 6. The molecule has 2 rings (SSSR count). The molecule has 138 valence electrons. The fraction of sp³-hybridized carbons (Fsp3) is 0.222. The van der Waals surface area contributed by atoms with E-state index in [0.29, 0.717) is 10.6 Å². The lowest BCUT2D eigenvalue weighted by Gasteiger charge is -2.10. The van der Waals surface area contributed by atoms with Gasteiger partial charge >= 0.3 is 5.97 Å². The van der Waals surface area contributed by atoms with Gasteiger partial charge in [-0.15, -0.1) is 0 Å². The maximum absolute atomic E-state index is 12.2.